The topological polar surface area (TPSA) is 56.4 Å². The van der Waals surface area contributed by atoms with Gasteiger partial charge in [0, 0.05) is 37.1 Å². The molecule has 1 aliphatic heterocycles. The first-order valence-corrected chi connectivity index (χ1v) is 8.99. The number of nitrogens with zero attached hydrogens (tertiary/aromatic N) is 2. The van der Waals surface area contributed by atoms with Gasteiger partial charge in [-0.05, 0) is 29.8 Å². The van der Waals surface area contributed by atoms with Crippen LogP contribution < -0.4 is 0 Å². The Morgan fingerprint density at radius 2 is 1.67 bits per heavy atom. The first-order valence-electron chi connectivity index (χ1n) is 8.99. The molecule has 1 N–H and O–H groups in total. The summed E-state index contributed by atoms with van der Waals surface area (Å²) in [6, 6.07) is 15.7. The van der Waals surface area contributed by atoms with E-state index in [1.807, 2.05) is 30.3 Å². The Morgan fingerprint density at radius 1 is 0.926 bits per heavy atom. The Morgan fingerprint density at radius 3 is 2.41 bits per heavy atom. The Hall–Kier alpha value is -3.15. The van der Waals surface area contributed by atoms with Gasteiger partial charge in [-0.2, -0.15) is 0 Å². The van der Waals surface area contributed by atoms with Crippen LogP contribution in [0.25, 0.3) is 10.9 Å². The van der Waals surface area contributed by atoms with Gasteiger partial charge in [0.2, 0.25) is 5.91 Å². The molecule has 2 aromatic carbocycles. The number of amides is 2. The molecule has 27 heavy (non-hydrogen) atoms. The number of nitrogens with one attached hydrogen (secondary N) is 1. The van der Waals surface area contributed by atoms with E-state index < -0.39 is 0 Å². The van der Waals surface area contributed by atoms with Gasteiger partial charge in [-0.1, -0.05) is 30.3 Å². The van der Waals surface area contributed by atoms with Gasteiger partial charge >= 0.3 is 0 Å². The maximum absolute atomic E-state index is 13.3. The van der Waals surface area contributed by atoms with E-state index in [4.69, 9.17) is 0 Å². The van der Waals surface area contributed by atoms with Crippen LogP contribution in [0, 0.1) is 5.82 Å². The maximum Gasteiger partial charge on any atom is 0.270 e. The summed E-state index contributed by atoms with van der Waals surface area (Å²) in [4.78, 5) is 31.8. The minimum absolute atomic E-state index is 0.0432. The van der Waals surface area contributed by atoms with Crippen LogP contribution >= 0.6 is 0 Å². The average molecular weight is 365 g/mol. The molecule has 1 saturated heterocycles. The number of hydrogen-bond acceptors (Lipinski definition) is 2. The second kappa shape index (κ2) is 7.23. The Kier molecular flexibility index (Phi) is 4.62. The number of piperazine rings is 1. The number of rotatable bonds is 3. The number of benzene rings is 2. The van der Waals surface area contributed by atoms with Crippen LogP contribution in [0.4, 0.5) is 4.39 Å². The normalized spacial score (nSPS) is 14.6. The van der Waals surface area contributed by atoms with E-state index in [9.17, 15) is 14.0 Å². The van der Waals surface area contributed by atoms with E-state index in [1.54, 1.807) is 21.9 Å². The van der Waals surface area contributed by atoms with Crippen LogP contribution in [-0.2, 0) is 11.2 Å². The molecule has 0 unspecified atom stereocenters. The molecule has 5 nitrogen and oxygen atoms in total. The van der Waals surface area contributed by atoms with Crippen molar-refractivity contribution in [1.29, 1.82) is 0 Å². The molecule has 1 fully saturated rings. The van der Waals surface area contributed by atoms with Crippen molar-refractivity contribution in [2.75, 3.05) is 26.2 Å². The van der Waals surface area contributed by atoms with Crippen molar-refractivity contribution in [2.45, 2.75) is 6.42 Å². The smallest absolute Gasteiger partial charge is 0.270 e. The van der Waals surface area contributed by atoms with Crippen molar-refractivity contribution in [3.63, 3.8) is 0 Å². The summed E-state index contributed by atoms with van der Waals surface area (Å²) < 4.78 is 13.3. The zero-order chi connectivity index (χ0) is 18.8. The molecule has 0 bridgehead atoms. The Labute approximate surface area is 156 Å². The second-order valence-electron chi connectivity index (χ2n) is 6.75. The minimum atomic E-state index is -0.339. The van der Waals surface area contributed by atoms with Crippen molar-refractivity contribution >= 4 is 22.7 Å². The number of halogens is 1. The molecular formula is C21H20FN3O2. The summed E-state index contributed by atoms with van der Waals surface area (Å²) >= 11 is 0. The summed E-state index contributed by atoms with van der Waals surface area (Å²) in [5.41, 5.74) is 2.16. The predicted molar refractivity (Wildman–Crippen MR) is 101 cm³/mol. The largest absolute Gasteiger partial charge is 0.351 e. The fourth-order valence-electron chi connectivity index (χ4n) is 3.45. The molecule has 1 aliphatic rings. The molecule has 6 heteroatoms. The van der Waals surface area contributed by atoms with Crippen molar-refractivity contribution in [3.8, 4) is 0 Å². The lowest BCUT2D eigenvalue weighted by atomic mass is 10.1. The van der Waals surface area contributed by atoms with Crippen LogP contribution in [-0.4, -0.2) is 52.8 Å². The lowest BCUT2D eigenvalue weighted by Crippen LogP contribution is -2.51. The molecule has 0 atom stereocenters. The van der Waals surface area contributed by atoms with Crippen LogP contribution in [0.15, 0.2) is 54.6 Å². The van der Waals surface area contributed by atoms with Gasteiger partial charge in [0.15, 0.2) is 0 Å². The van der Waals surface area contributed by atoms with Gasteiger partial charge in [-0.25, -0.2) is 4.39 Å². The van der Waals surface area contributed by atoms with Crippen LogP contribution in [0.1, 0.15) is 16.1 Å². The number of carbonyl (C=O) groups is 2. The van der Waals surface area contributed by atoms with Crippen LogP contribution in [0.3, 0.4) is 0 Å². The summed E-state index contributed by atoms with van der Waals surface area (Å²) in [6.45, 7) is 1.95. The van der Waals surface area contributed by atoms with Crippen LogP contribution in [0.5, 0.6) is 0 Å². The molecule has 138 valence electrons. The Balaban J connectivity index is 1.36. The first kappa shape index (κ1) is 17.3. The average Bonchev–Trinajstić information content (AvgIpc) is 3.12. The maximum atomic E-state index is 13.3. The molecule has 0 radical (unpaired) electrons. The molecule has 0 saturated carbocycles. The highest BCUT2D eigenvalue weighted by atomic mass is 19.1. The number of aromatic amines is 1. The molecule has 3 aromatic rings. The first-order chi connectivity index (χ1) is 13.1. The zero-order valence-corrected chi connectivity index (χ0v) is 14.8. The minimum Gasteiger partial charge on any atom is -0.351 e. The number of carbonyl (C=O) groups excluding carboxylic acids is 2. The fourth-order valence-corrected chi connectivity index (χ4v) is 3.45. The van der Waals surface area contributed by atoms with E-state index in [2.05, 4.69) is 4.98 Å². The van der Waals surface area contributed by atoms with E-state index in [1.165, 1.54) is 12.1 Å². The standard InChI is InChI=1S/C21H20FN3O2/c22-17-6-3-4-15(12-17)13-20(26)24-8-10-25(11-9-24)21(27)19-14-16-5-1-2-7-18(16)23-19/h1-7,12,14,23H,8-11,13H2. The van der Waals surface area contributed by atoms with Gasteiger partial charge in [-0.3, -0.25) is 9.59 Å². The summed E-state index contributed by atoms with van der Waals surface area (Å²) in [5, 5.41) is 1.00. The van der Waals surface area contributed by atoms with Crippen molar-refractivity contribution in [2.24, 2.45) is 0 Å². The van der Waals surface area contributed by atoms with Crippen molar-refractivity contribution < 1.29 is 14.0 Å². The van der Waals surface area contributed by atoms with Crippen LogP contribution in [0.2, 0.25) is 0 Å². The van der Waals surface area contributed by atoms with Gasteiger partial charge in [0.25, 0.3) is 5.91 Å². The number of para-hydroxylation sites is 1. The third-order valence-corrected chi connectivity index (χ3v) is 4.92. The molecule has 0 spiro atoms. The summed E-state index contributed by atoms with van der Waals surface area (Å²) in [5.74, 6) is -0.434. The highest BCUT2D eigenvalue weighted by molar-refractivity contribution is 5.98. The van der Waals surface area contributed by atoms with E-state index in [-0.39, 0.29) is 24.1 Å². The van der Waals surface area contributed by atoms with E-state index in [0.717, 1.165) is 10.9 Å². The molecule has 1 aromatic heterocycles. The fraction of sp³-hybridized carbons (Fsp3) is 0.238. The SMILES string of the molecule is O=C(Cc1cccc(F)c1)N1CCN(C(=O)c2cc3ccccc3[nH]2)CC1. The lowest BCUT2D eigenvalue weighted by molar-refractivity contribution is -0.131. The molecule has 0 aliphatic carbocycles. The number of fused-ring (bicyclic) bond motifs is 1. The van der Waals surface area contributed by atoms with Gasteiger partial charge in [0.1, 0.15) is 11.5 Å². The van der Waals surface area contributed by atoms with Gasteiger partial charge in [0.05, 0.1) is 6.42 Å². The Bertz CT molecular complexity index is 957. The number of hydrogen-bond donors (Lipinski definition) is 1. The molecular weight excluding hydrogens is 345 g/mol. The van der Waals surface area contributed by atoms with Gasteiger partial charge < -0.3 is 14.8 Å². The van der Waals surface area contributed by atoms with Crippen molar-refractivity contribution in [3.05, 3.63) is 71.7 Å². The number of aromatic nitrogens is 1. The molecule has 4 rings (SSSR count). The predicted octanol–water partition coefficient (Wildman–Crippen LogP) is 2.83. The summed E-state index contributed by atoms with van der Waals surface area (Å²) in [6.07, 6.45) is 0.174. The third kappa shape index (κ3) is 3.69. The van der Waals surface area contributed by atoms with E-state index >= 15 is 0 Å². The van der Waals surface area contributed by atoms with E-state index in [0.29, 0.717) is 37.4 Å². The zero-order valence-electron chi connectivity index (χ0n) is 14.8. The molecule has 2 amide bonds. The summed E-state index contributed by atoms with van der Waals surface area (Å²) in [7, 11) is 0. The number of H-pyrrole nitrogens is 1. The van der Waals surface area contributed by atoms with Gasteiger partial charge in [-0.15, -0.1) is 0 Å². The second-order valence-corrected chi connectivity index (χ2v) is 6.75. The lowest BCUT2D eigenvalue weighted by Gasteiger charge is -2.34. The highest BCUT2D eigenvalue weighted by Crippen LogP contribution is 2.17. The monoisotopic (exact) mass is 365 g/mol. The third-order valence-electron chi connectivity index (χ3n) is 4.92. The molecule has 2 heterocycles. The highest BCUT2D eigenvalue weighted by Gasteiger charge is 2.25. The quantitative estimate of drug-likeness (QED) is 0.776. The van der Waals surface area contributed by atoms with Crippen molar-refractivity contribution in [1.82, 2.24) is 14.8 Å².